The number of hydrogen-bond acceptors (Lipinski definition) is 4. The molecule has 0 aromatic rings. The first-order chi connectivity index (χ1) is 5.69. The van der Waals surface area contributed by atoms with Crippen molar-refractivity contribution >= 4 is 15.4 Å². The molecule has 1 N–H and O–H groups in total. The lowest BCUT2D eigenvalue weighted by atomic mass is 10.2. The van der Waals surface area contributed by atoms with Gasteiger partial charge in [0.25, 0.3) is 0 Å². The molecule has 1 rings (SSSR count). The van der Waals surface area contributed by atoms with Gasteiger partial charge in [0.1, 0.15) is 6.04 Å². The Hall–Kier alpha value is -0.180. The van der Waals surface area contributed by atoms with Crippen LogP contribution in [0.3, 0.4) is 0 Å². The molecule has 0 bridgehead atoms. The van der Waals surface area contributed by atoms with Gasteiger partial charge in [0, 0.05) is 12.6 Å². The minimum Gasteiger partial charge on any atom is -0.468 e. The number of carbonyl (C=O) groups is 1. The second kappa shape index (κ2) is 4.17. The van der Waals surface area contributed by atoms with Crippen LogP contribution in [0.1, 0.15) is 6.42 Å². The number of nitrogens with zero attached hydrogens (tertiary/aromatic N) is 1. The molecule has 0 saturated carbocycles. The highest BCUT2D eigenvalue weighted by Crippen LogP contribution is 2.21. The molecular weight excluding hydrogens is 175 g/mol. The smallest absolute Gasteiger partial charge is 0.323 e. The summed E-state index contributed by atoms with van der Waals surface area (Å²) in [6, 6.07) is 0.295. The number of esters is 1. The quantitative estimate of drug-likeness (QED) is 0.475. The highest BCUT2D eigenvalue weighted by atomic mass is 31.0. The van der Waals surface area contributed by atoms with Crippen molar-refractivity contribution in [3.63, 3.8) is 0 Å². The number of nitrogens with one attached hydrogen (secondary N) is 1. The Kier molecular flexibility index (Phi) is 3.44. The number of ether oxygens (including phenoxy) is 1. The lowest BCUT2D eigenvalue weighted by Gasteiger charge is -2.15. The van der Waals surface area contributed by atoms with Crippen molar-refractivity contribution in [1.29, 1.82) is 0 Å². The average molecular weight is 190 g/mol. The number of carbonyl (C=O) groups excluding carboxylic acids is 1. The maximum atomic E-state index is 11.2. The largest absolute Gasteiger partial charge is 0.468 e. The van der Waals surface area contributed by atoms with E-state index in [1.807, 2.05) is 11.7 Å². The first-order valence-corrected chi connectivity index (χ1v) is 4.47. The predicted molar refractivity (Wildman–Crippen MR) is 49.7 cm³/mol. The first-order valence-electron chi connectivity index (χ1n) is 3.95. The van der Waals surface area contributed by atoms with Crippen molar-refractivity contribution in [2.45, 2.75) is 18.5 Å². The van der Waals surface area contributed by atoms with Gasteiger partial charge in [-0.15, -0.1) is 0 Å². The van der Waals surface area contributed by atoms with Gasteiger partial charge in [-0.3, -0.25) is 9.46 Å². The standard InChI is InChI=1S/C7H15N2O2P/c1-8-5-3-6(7(10)11-2)9(12)4-5/h5-6,8H,3-4,12H2,1-2H3. The van der Waals surface area contributed by atoms with Crippen LogP contribution < -0.4 is 5.32 Å². The molecule has 1 fully saturated rings. The van der Waals surface area contributed by atoms with Crippen LogP contribution in [0.4, 0.5) is 0 Å². The zero-order valence-electron chi connectivity index (χ0n) is 7.41. The molecule has 0 spiro atoms. The fourth-order valence-corrected chi connectivity index (χ4v) is 1.94. The van der Waals surface area contributed by atoms with E-state index in [2.05, 4.69) is 19.4 Å². The van der Waals surface area contributed by atoms with Crippen LogP contribution in [0.5, 0.6) is 0 Å². The molecule has 1 heterocycles. The van der Waals surface area contributed by atoms with E-state index >= 15 is 0 Å². The van der Waals surface area contributed by atoms with E-state index in [4.69, 9.17) is 0 Å². The van der Waals surface area contributed by atoms with Crippen molar-refractivity contribution in [1.82, 2.24) is 9.99 Å². The summed E-state index contributed by atoms with van der Waals surface area (Å²) < 4.78 is 6.61. The SMILES string of the molecule is CNC1CC(C(=O)OC)N(P)C1. The Morgan fingerprint density at radius 1 is 1.75 bits per heavy atom. The summed E-state index contributed by atoms with van der Waals surface area (Å²) in [6.45, 7) is 0.876. The van der Waals surface area contributed by atoms with Gasteiger partial charge in [-0.2, -0.15) is 0 Å². The maximum absolute atomic E-state index is 11.2. The summed E-state index contributed by atoms with van der Waals surface area (Å²) in [6.07, 6.45) is 0.826. The summed E-state index contributed by atoms with van der Waals surface area (Å²) in [5.41, 5.74) is 0. The summed E-state index contributed by atoms with van der Waals surface area (Å²) in [7, 11) is 5.88. The summed E-state index contributed by atoms with van der Waals surface area (Å²) in [4.78, 5) is 11.2. The molecule has 12 heavy (non-hydrogen) atoms. The Morgan fingerprint density at radius 2 is 2.42 bits per heavy atom. The molecule has 1 saturated heterocycles. The lowest BCUT2D eigenvalue weighted by molar-refractivity contribution is -0.144. The van der Waals surface area contributed by atoms with Gasteiger partial charge in [0.15, 0.2) is 0 Å². The molecule has 0 aromatic carbocycles. The van der Waals surface area contributed by atoms with Gasteiger partial charge in [-0.25, -0.2) is 0 Å². The Balaban J connectivity index is 2.51. The molecule has 3 unspecified atom stereocenters. The second-order valence-electron chi connectivity index (χ2n) is 2.96. The van der Waals surface area contributed by atoms with Crippen LogP contribution in [0, 0.1) is 0 Å². The molecule has 1 aliphatic heterocycles. The van der Waals surface area contributed by atoms with Crippen LogP contribution in [0.25, 0.3) is 0 Å². The molecule has 0 aromatic heterocycles. The number of hydrogen-bond donors (Lipinski definition) is 1. The van der Waals surface area contributed by atoms with Crippen molar-refractivity contribution in [3.8, 4) is 0 Å². The van der Waals surface area contributed by atoms with Crippen LogP contribution in [0.2, 0.25) is 0 Å². The van der Waals surface area contributed by atoms with Crippen LogP contribution in [-0.4, -0.2) is 43.4 Å². The fourth-order valence-electron chi connectivity index (χ4n) is 1.44. The number of likely N-dealkylation sites (N-methyl/N-ethyl adjacent to an activating group) is 1. The van der Waals surface area contributed by atoms with E-state index in [1.165, 1.54) is 7.11 Å². The molecule has 0 aliphatic carbocycles. The molecule has 4 nitrogen and oxygen atoms in total. The average Bonchev–Trinajstić information content (AvgIpc) is 2.45. The number of methoxy groups -OCH3 is 1. The van der Waals surface area contributed by atoms with Crippen LogP contribution >= 0.6 is 9.39 Å². The van der Waals surface area contributed by atoms with Crippen molar-refractivity contribution in [2.75, 3.05) is 20.7 Å². The molecule has 0 radical (unpaired) electrons. The van der Waals surface area contributed by atoms with Crippen molar-refractivity contribution < 1.29 is 9.53 Å². The minimum absolute atomic E-state index is 0.0996. The zero-order chi connectivity index (χ0) is 9.14. The van der Waals surface area contributed by atoms with Gasteiger partial charge in [0.05, 0.1) is 7.11 Å². The molecule has 3 atom stereocenters. The molecule has 1 aliphatic rings. The van der Waals surface area contributed by atoms with E-state index in [9.17, 15) is 4.79 Å². The lowest BCUT2D eigenvalue weighted by Crippen LogP contribution is -2.29. The fraction of sp³-hybridized carbons (Fsp3) is 0.857. The van der Waals surface area contributed by atoms with Crippen molar-refractivity contribution in [3.05, 3.63) is 0 Å². The van der Waals surface area contributed by atoms with Gasteiger partial charge in [-0.05, 0) is 13.5 Å². The summed E-state index contributed by atoms with van der Waals surface area (Å²) in [5, 5.41) is 3.14. The highest BCUT2D eigenvalue weighted by Gasteiger charge is 2.34. The van der Waals surface area contributed by atoms with E-state index in [0.717, 1.165) is 13.0 Å². The van der Waals surface area contributed by atoms with E-state index in [0.29, 0.717) is 6.04 Å². The van der Waals surface area contributed by atoms with Gasteiger partial charge in [0.2, 0.25) is 0 Å². The van der Waals surface area contributed by atoms with Crippen molar-refractivity contribution in [2.24, 2.45) is 0 Å². The van der Waals surface area contributed by atoms with E-state index in [1.54, 1.807) is 0 Å². The summed E-state index contributed by atoms with van der Waals surface area (Å²) >= 11 is 0. The van der Waals surface area contributed by atoms with E-state index in [-0.39, 0.29) is 12.0 Å². The Bertz CT molecular complexity index is 177. The topological polar surface area (TPSA) is 41.6 Å². The van der Waals surface area contributed by atoms with Gasteiger partial charge < -0.3 is 10.1 Å². The van der Waals surface area contributed by atoms with Gasteiger partial charge >= 0.3 is 5.97 Å². The monoisotopic (exact) mass is 190 g/mol. The molecule has 5 heteroatoms. The highest BCUT2D eigenvalue weighted by molar-refractivity contribution is 7.13. The third-order valence-corrected chi connectivity index (χ3v) is 2.79. The van der Waals surface area contributed by atoms with E-state index < -0.39 is 0 Å². The first kappa shape index (κ1) is 9.90. The number of rotatable bonds is 2. The normalized spacial score (nSPS) is 30.6. The Labute approximate surface area is 74.9 Å². The maximum Gasteiger partial charge on any atom is 0.323 e. The van der Waals surface area contributed by atoms with Gasteiger partial charge in [-0.1, -0.05) is 9.39 Å². The third-order valence-electron chi connectivity index (χ3n) is 2.22. The second-order valence-corrected chi connectivity index (χ2v) is 3.62. The Morgan fingerprint density at radius 3 is 2.83 bits per heavy atom. The molecule has 0 amide bonds. The molecular formula is C7H15N2O2P. The third kappa shape index (κ3) is 1.94. The zero-order valence-corrected chi connectivity index (χ0v) is 8.56. The van der Waals surface area contributed by atoms with Crippen LogP contribution in [-0.2, 0) is 9.53 Å². The minimum atomic E-state index is -0.150. The molecule has 70 valence electrons. The van der Waals surface area contributed by atoms with Crippen LogP contribution in [0.15, 0.2) is 0 Å². The predicted octanol–water partition coefficient (Wildman–Crippen LogP) is -0.388. The summed E-state index contributed by atoms with van der Waals surface area (Å²) in [5.74, 6) is -0.150.